The van der Waals surface area contributed by atoms with Gasteiger partial charge in [0.25, 0.3) is 0 Å². The highest BCUT2D eigenvalue weighted by Crippen LogP contribution is 2.28. The Morgan fingerprint density at radius 1 is 1.38 bits per heavy atom. The fraction of sp³-hybridized carbons (Fsp3) is 0.917. The average molecular weight is 226 g/mol. The van der Waals surface area contributed by atoms with Crippen molar-refractivity contribution in [1.29, 1.82) is 0 Å². The number of nitrogens with zero attached hydrogens (tertiary/aromatic N) is 1. The van der Waals surface area contributed by atoms with Crippen LogP contribution in [0.5, 0.6) is 0 Å². The molecule has 4 heteroatoms. The van der Waals surface area contributed by atoms with Crippen molar-refractivity contribution in [3.05, 3.63) is 0 Å². The minimum Gasteiger partial charge on any atom is -0.381 e. The van der Waals surface area contributed by atoms with Crippen LogP contribution in [-0.4, -0.2) is 42.1 Å². The van der Waals surface area contributed by atoms with Gasteiger partial charge in [0.05, 0.1) is 5.54 Å². The number of hydrogen-bond donors (Lipinski definition) is 1. The van der Waals surface area contributed by atoms with E-state index in [0.29, 0.717) is 38.0 Å². The largest absolute Gasteiger partial charge is 0.381 e. The molecule has 2 unspecified atom stereocenters. The van der Waals surface area contributed by atoms with E-state index in [9.17, 15) is 4.79 Å². The molecule has 0 aromatic carbocycles. The van der Waals surface area contributed by atoms with Gasteiger partial charge in [0, 0.05) is 25.8 Å². The molecule has 0 aliphatic carbocycles. The molecule has 0 saturated carbocycles. The van der Waals surface area contributed by atoms with Crippen molar-refractivity contribution in [3.8, 4) is 0 Å². The highest BCUT2D eigenvalue weighted by molar-refractivity contribution is 5.86. The third-order valence-corrected chi connectivity index (χ3v) is 4.21. The number of amides is 1. The summed E-state index contributed by atoms with van der Waals surface area (Å²) >= 11 is 0. The molecule has 16 heavy (non-hydrogen) atoms. The van der Waals surface area contributed by atoms with E-state index in [1.807, 2.05) is 4.90 Å². The number of carbonyl (C=O) groups is 1. The normalized spacial score (nSPS) is 34.1. The van der Waals surface area contributed by atoms with Gasteiger partial charge in [0.15, 0.2) is 0 Å². The van der Waals surface area contributed by atoms with Crippen molar-refractivity contribution in [1.82, 2.24) is 4.90 Å². The molecule has 0 radical (unpaired) electrons. The van der Waals surface area contributed by atoms with Crippen LogP contribution in [0.4, 0.5) is 0 Å². The van der Waals surface area contributed by atoms with Crippen LogP contribution < -0.4 is 5.73 Å². The molecule has 4 nitrogen and oxygen atoms in total. The maximum absolute atomic E-state index is 12.4. The lowest BCUT2D eigenvalue weighted by Crippen LogP contribution is -2.58. The van der Waals surface area contributed by atoms with Crippen molar-refractivity contribution >= 4 is 5.91 Å². The molecule has 2 aliphatic rings. The van der Waals surface area contributed by atoms with E-state index < -0.39 is 5.54 Å². The lowest BCUT2D eigenvalue weighted by Gasteiger charge is -2.37. The minimum absolute atomic E-state index is 0.132. The number of hydrogen-bond acceptors (Lipinski definition) is 3. The molecule has 0 aromatic rings. The molecule has 2 atom stereocenters. The second-order valence-electron chi connectivity index (χ2n) is 5.27. The third-order valence-electron chi connectivity index (χ3n) is 4.21. The summed E-state index contributed by atoms with van der Waals surface area (Å²) in [6, 6.07) is 0.329. The Morgan fingerprint density at radius 2 is 2.00 bits per heavy atom. The van der Waals surface area contributed by atoms with Crippen LogP contribution in [-0.2, 0) is 9.53 Å². The van der Waals surface area contributed by atoms with E-state index in [1.54, 1.807) is 0 Å². The smallest absolute Gasteiger partial charge is 0.243 e. The molecule has 2 fully saturated rings. The van der Waals surface area contributed by atoms with Crippen LogP contribution in [0.3, 0.4) is 0 Å². The number of nitrogens with two attached hydrogens (primary N) is 1. The lowest BCUT2D eigenvalue weighted by molar-refractivity contribution is -0.141. The van der Waals surface area contributed by atoms with Gasteiger partial charge in [-0.3, -0.25) is 4.79 Å². The summed E-state index contributed by atoms with van der Waals surface area (Å²) in [4.78, 5) is 14.4. The molecular formula is C12H22N2O2. The number of rotatable bonds is 1. The standard InChI is InChI=1S/C12H22N2O2/c1-9-3-6-14(10(9)2)11(15)12(13)4-7-16-8-5-12/h9-10H,3-8,13H2,1-2H3. The SMILES string of the molecule is CC1CCN(C(=O)C2(N)CCOCC2)C1C. The predicted molar refractivity (Wildman–Crippen MR) is 61.9 cm³/mol. The van der Waals surface area contributed by atoms with Crippen molar-refractivity contribution in [2.24, 2.45) is 11.7 Å². The minimum atomic E-state index is -0.670. The zero-order valence-corrected chi connectivity index (χ0v) is 10.2. The molecule has 1 amide bonds. The van der Waals surface area contributed by atoms with Gasteiger partial charge in [0.2, 0.25) is 5.91 Å². The van der Waals surface area contributed by atoms with Gasteiger partial charge >= 0.3 is 0 Å². The van der Waals surface area contributed by atoms with E-state index in [-0.39, 0.29) is 5.91 Å². The van der Waals surface area contributed by atoms with Crippen LogP contribution in [0, 0.1) is 5.92 Å². The third kappa shape index (κ3) is 1.96. The van der Waals surface area contributed by atoms with Crippen molar-refractivity contribution in [2.45, 2.75) is 44.7 Å². The predicted octanol–water partition coefficient (Wildman–Crippen LogP) is 0.751. The molecule has 2 heterocycles. The first-order valence-corrected chi connectivity index (χ1v) is 6.22. The van der Waals surface area contributed by atoms with Gasteiger partial charge in [-0.25, -0.2) is 0 Å². The van der Waals surface area contributed by atoms with E-state index in [2.05, 4.69) is 13.8 Å². The number of ether oxygens (including phenoxy) is 1. The van der Waals surface area contributed by atoms with Crippen molar-refractivity contribution in [2.75, 3.05) is 19.8 Å². The molecule has 0 spiro atoms. The Hall–Kier alpha value is -0.610. The summed E-state index contributed by atoms with van der Waals surface area (Å²) in [5.74, 6) is 0.722. The van der Waals surface area contributed by atoms with E-state index in [1.165, 1.54) is 0 Å². The Balaban J connectivity index is 2.06. The molecule has 2 saturated heterocycles. The Kier molecular flexibility index (Phi) is 3.22. The number of likely N-dealkylation sites (tertiary alicyclic amines) is 1. The Bertz CT molecular complexity index is 274. The summed E-state index contributed by atoms with van der Waals surface area (Å²) < 4.78 is 5.27. The number of carbonyl (C=O) groups excluding carboxylic acids is 1. The monoisotopic (exact) mass is 226 g/mol. The van der Waals surface area contributed by atoms with Crippen LogP contribution in [0.1, 0.15) is 33.1 Å². The zero-order valence-electron chi connectivity index (χ0n) is 10.2. The van der Waals surface area contributed by atoms with Gasteiger partial charge in [-0.15, -0.1) is 0 Å². The fourth-order valence-electron chi connectivity index (χ4n) is 2.62. The molecule has 0 aromatic heterocycles. The zero-order chi connectivity index (χ0) is 11.8. The van der Waals surface area contributed by atoms with Gasteiger partial charge in [-0.1, -0.05) is 6.92 Å². The van der Waals surface area contributed by atoms with Crippen LogP contribution in [0.15, 0.2) is 0 Å². The highest BCUT2D eigenvalue weighted by atomic mass is 16.5. The summed E-state index contributed by atoms with van der Waals surface area (Å²) in [5, 5.41) is 0. The second-order valence-corrected chi connectivity index (χ2v) is 5.27. The molecule has 92 valence electrons. The average Bonchev–Trinajstić information content (AvgIpc) is 2.60. The van der Waals surface area contributed by atoms with E-state index >= 15 is 0 Å². The summed E-state index contributed by atoms with van der Waals surface area (Å²) in [6.07, 6.45) is 2.41. The van der Waals surface area contributed by atoms with Crippen LogP contribution >= 0.6 is 0 Å². The molecule has 2 N–H and O–H groups in total. The fourth-order valence-corrected chi connectivity index (χ4v) is 2.62. The maximum Gasteiger partial charge on any atom is 0.243 e. The van der Waals surface area contributed by atoms with E-state index in [0.717, 1.165) is 13.0 Å². The maximum atomic E-state index is 12.4. The molecule has 0 bridgehead atoms. The Labute approximate surface area is 97.1 Å². The summed E-state index contributed by atoms with van der Waals surface area (Å²) in [6.45, 7) is 6.41. The topological polar surface area (TPSA) is 55.6 Å². The first-order chi connectivity index (χ1) is 7.54. The lowest BCUT2D eigenvalue weighted by atomic mass is 9.89. The van der Waals surface area contributed by atoms with E-state index in [4.69, 9.17) is 10.5 Å². The Morgan fingerprint density at radius 3 is 2.50 bits per heavy atom. The molecular weight excluding hydrogens is 204 g/mol. The summed E-state index contributed by atoms with van der Waals surface area (Å²) in [5.41, 5.74) is 5.55. The molecule has 2 aliphatic heterocycles. The highest BCUT2D eigenvalue weighted by Gasteiger charge is 2.42. The summed E-state index contributed by atoms with van der Waals surface area (Å²) in [7, 11) is 0. The first-order valence-electron chi connectivity index (χ1n) is 6.22. The quantitative estimate of drug-likeness (QED) is 0.718. The second kappa shape index (κ2) is 4.34. The molecule has 2 rings (SSSR count). The van der Waals surface area contributed by atoms with Crippen molar-refractivity contribution in [3.63, 3.8) is 0 Å². The van der Waals surface area contributed by atoms with Crippen molar-refractivity contribution < 1.29 is 9.53 Å². The first kappa shape index (κ1) is 11.9. The van der Waals surface area contributed by atoms with Gasteiger partial charge < -0.3 is 15.4 Å². The van der Waals surface area contributed by atoms with Gasteiger partial charge in [-0.05, 0) is 32.1 Å². The van der Waals surface area contributed by atoms with Gasteiger partial charge in [0.1, 0.15) is 0 Å². The van der Waals surface area contributed by atoms with Crippen LogP contribution in [0.25, 0.3) is 0 Å². The van der Waals surface area contributed by atoms with Gasteiger partial charge in [-0.2, -0.15) is 0 Å². The van der Waals surface area contributed by atoms with Crippen LogP contribution in [0.2, 0.25) is 0 Å².